The van der Waals surface area contributed by atoms with Crippen LogP contribution >= 0.6 is 11.6 Å². The lowest BCUT2D eigenvalue weighted by Gasteiger charge is -2.47. The van der Waals surface area contributed by atoms with Crippen molar-refractivity contribution in [3.63, 3.8) is 0 Å². The molecule has 1 saturated carbocycles. The van der Waals surface area contributed by atoms with Crippen molar-refractivity contribution in [1.29, 1.82) is 0 Å². The van der Waals surface area contributed by atoms with Crippen molar-refractivity contribution in [1.82, 2.24) is 9.21 Å². The van der Waals surface area contributed by atoms with Crippen LogP contribution in [0.3, 0.4) is 0 Å². The number of ether oxygens (including phenoxy) is 2. The minimum atomic E-state index is -3.59. The van der Waals surface area contributed by atoms with E-state index in [1.54, 1.807) is 18.2 Å². The number of hydrogen-bond donors (Lipinski definition) is 0. The van der Waals surface area contributed by atoms with Gasteiger partial charge in [0.15, 0.2) is 0 Å². The first-order valence-corrected chi connectivity index (χ1v) is 13.0. The number of halogens is 1. The first kappa shape index (κ1) is 22.2. The average Bonchev–Trinajstić information content (AvgIpc) is 2.73. The Morgan fingerprint density at radius 2 is 1.75 bits per heavy atom. The second-order valence-corrected chi connectivity index (χ2v) is 11.7. The summed E-state index contributed by atoms with van der Waals surface area (Å²) in [6, 6.07) is 11.8. The fraction of sp³-hybridized carbons (Fsp3) is 0.500. The minimum absolute atomic E-state index is 0.104. The van der Waals surface area contributed by atoms with Crippen LogP contribution in [0.4, 0.5) is 0 Å². The molecule has 0 bridgehead atoms. The SMILES string of the molecule is CN(C)S(=O)(=O)c1ccc(-c2ccc3c(c2)COC2(CCN(C4CCC4)CC2)O3)cc1Cl. The molecule has 0 unspecified atom stereocenters. The van der Waals surface area contributed by atoms with E-state index in [0.29, 0.717) is 6.61 Å². The Kier molecular flexibility index (Phi) is 5.75. The summed E-state index contributed by atoms with van der Waals surface area (Å²) in [7, 11) is -0.600. The Morgan fingerprint density at radius 1 is 1.06 bits per heavy atom. The minimum Gasteiger partial charge on any atom is -0.462 e. The van der Waals surface area contributed by atoms with E-state index in [0.717, 1.165) is 58.7 Å². The van der Waals surface area contributed by atoms with Gasteiger partial charge in [-0.15, -0.1) is 0 Å². The number of piperidine rings is 1. The first-order chi connectivity index (χ1) is 15.3. The Hall–Kier alpha value is -1.64. The van der Waals surface area contributed by atoms with Crippen molar-refractivity contribution >= 4 is 21.6 Å². The molecule has 1 saturated heterocycles. The van der Waals surface area contributed by atoms with E-state index in [1.165, 1.54) is 33.4 Å². The number of nitrogens with zero attached hydrogens (tertiary/aromatic N) is 2. The van der Waals surface area contributed by atoms with Gasteiger partial charge in [-0.2, -0.15) is 0 Å². The van der Waals surface area contributed by atoms with Crippen molar-refractivity contribution in [3.05, 3.63) is 47.0 Å². The van der Waals surface area contributed by atoms with E-state index in [1.807, 2.05) is 18.2 Å². The molecular weight excluding hydrogens is 448 g/mol. The highest BCUT2D eigenvalue weighted by atomic mass is 35.5. The van der Waals surface area contributed by atoms with Crippen LogP contribution in [0.5, 0.6) is 5.75 Å². The van der Waals surface area contributed by atoms with E-state index >= 15 is 0 Å². The molecule has 0 atom stereocenters. The van der Waals surface area contributed by atoms with E-state index in [2.05, 4.69) is 4.90 Å². The zero-order valence-corrected chi connectivity index (χ0v) is 20.1. The lowest BCUT2D eigenvalue weighted by Crippen LogP contribution is -2.54. The molecule has 172 valence electrons. The van der Waals surface area contributed by atoms with Crippen LogP contribution in [-0.2, 0) is 21.4 Å². The number of hydrogen-bond acceptors (Lipinski definition) is 5. The Bertz CT molecular complexity index is 1120. The molecule has 6 nitrogen and oxygen atoms in total. The standard InChI is InChI=1S/C24H29ClN2O4S/c1-26(2)32(28,29)23-9-7-18(15-21(23)25)17-6-8-22-19(14-17)16-30-24(31-22)10-12-27(13-11-24)20-4-3-5-20/h6-9,14-15,20H,3-5,10-13,16H2,1-2H3. The maximum atomic E-state index is 12.4. The number of fused-ring (bicyclic) bond motifs is 1. The Labute approximate surface area is 195 Å². The monoisotopic (exact) mass is 476 g/mol. The summed E-state index contributed by atoms with van der Waals surface area (Å²) in [6.45, 7) is 2.56. The van der Waals surface area contributed by atoms with E-state index < -0.39 is 15.8 Å². The molecule has 0 radical (unpaired) electrons. The van der Waals surface area contributed by atoms with Gasteiger partial charge in [-0.25, -0.2) is 12.7 Å². The lowest BCUT2D eigenvalue weighted by molar-refractivity contribution is -0.231. The normalized spacial score (nSPS) is 21.2. The van der Waals surface area contributed by atoms with Gasteiger partial charge in [-0.3, -0.25) is 4.90 Å². The molecule has 2 fully saturated rings. The van der Waals surface area contributed by atoms with Crippen LogP contribution in [0.2, 0.25) is 5.02 Å². The summed E-state index contributed by atoms with van der Waals surface area (Å²) in [5.41, 5.74) is 2.79. The van der Waals surface area contributed by atoms with E-state index in [-0.39, 0.29) is 9.92 Å². The highest BCUT2D eigenvalue weighted by Crippen LogP contribution is 2.41. The first-order valence-electron chi connectivity index (χ1n) is 11.2. The fourth-order valence-corrected chi connectivity index (χ4v) is 6.14. The molecule has 0 amide bonds. The van der Waals surface area contributed by atoms with Crippen LogP contribution in [0, 0.1) is 0 Å². The van der Waals surface area contributed by atoms with Crippen LogP contribution < -0.4 is 4.74 Å². The molecule has 2 heterocycles. The van der Waals surface area contributed by atoms with Gasteiger partial charge >= 0.3 is 0 Å². The molecule has 2 aromatic carbocycles. The highest BCUT2D eigenvalue weighted by molar-refractivity contribution is 7.89. The second-order valence-electron chi connectivity index (χ2n) is 9.18. The number of benzene rings is 2. The fourth-order valence-electron chi connectivity index (χ4n) is 4.72. The van der Waals surface area contributed by atoms with Crippen molar-refractivity contribution in [2.24, 2.45) is 0 Å². The highest BCUT2D eigenvalue weighted by Gasteiger charge is 2.42. The van der Waals surface area contributed by atoms with Gasteiger partial charge in [0.25, 0.3) is 0 Å². The maximum absolute atomic E-state index is 12.4. The second kappa shape index (κ2) is 8.29. The summed E-state index contributed by atoms with van der Waals surface area (Å²) in [6.07, 6.45) is 5.79. The smallest absolute Gasteiger partial charge is 0.244 e. The van der Waals surface area contributed by atoms with Crippen LogP contribution in [0.25, 0.3) is 11.1 Å². The van der Waals surface area contributed by atoms with Crippen molar-refractivity contribution in [3.8, 4) is 16.9 Å². The molecule has 0 aromatic heterocycles. The van der Waals surface area contributed by atoms with Gasteiger partial charge in [0.05, 0.1) is 11.6 Å². The van der Waals surface area contributed by atoms with Gasteiger partial charge in [0.1, 0.15) is 10.6 Å². The van der Waals surface area contributed by atoms with Crippen molar-refractivity contribution in [2.45, 2.75) is 55.4 Å². The van der Waals surface area contributed by atoms with Crippen LogP contribution in [0.15, 0.2) is 41.3 Å². The average molecular weight is 477 g/mol. The number of likely N-dealkylation sites (tertiary alicyclic amines) is 1. The van der Waals surface area contributed by atoms with Crippen molar-refractivity contribution in [2.75, 3.05) is 27.2 Å². The predicted octanol–water partition coefficient (Wildman–Crippen LogP) is 4.51. The maximum Gasteiger partial charge on any atom is 0.244 e. The van der Waals surface area contributed by atoms with Gasteiger partial charge in [-0.05, 0) is 48.2 Å². The zero-order valence-electron chi connectivity index (χ0n) is 18.5. The Morgan fingerprint density at radius 3 is 2.38 bits per heavy atom. The molecule has 32 heavy (non-hydrogen) atoms. The quantitative estimate of drug-likeness (QED) is 0.649. The zero-order chi connectivity index (χ0) is 22.5. The third-order valence-electron chi connectivity index (χ3n) is 7.02. The molecule has 1 spiro atoms. The predicted molar refractivity (Wildman–Crippen MR) is 124 cm³/mol. The molecular formula is C24H29ClN2O4S. The molecule has 5 rings (SSSR count). The molecule has 2 aromatic rings. The number of sulfonamides is 1. The topological polar surface area (TPSA) is 59.1 Å². The van der Waals surface area contributed by atoms with Gasteiger partial charge in [-0.1, -0.05) is 30.2 Å². The molecule has 3 aliphatic rings. The summed E-state index contributed by atoms with van der Waals surface area (Å²) >= 11 is 6.34. The summed E-state index contributed by atoms with van der Waals surface area (Å²) in [5.74, 6) is 0.357. The molecule has 0 N–H and O–H groups in total. The third-order valence-corrected chi connectivity index (χ3v) is 9.32. The Balaban J connectivity index is 1.33. The van der Waals surface area contributed by atoms with Crippen LogP contribution in [0.1, 0.15) is 37.7 Å². The summed E-state index contributed by atoms with van der Waals surface area (Å²) < 4.78 is 38.6. The third kappa shape index (κ3) is 3.94. The van der Waals surface area contributed by atoms with Crippen molar-refractivity contribution < 1.29 is 17.9 Å². The van der Waals surface area contributed by atoms with Gasteiger partial charge in [0.2, 0.25) is 15.8 Å². The van der Waals surface area contributed by atoms with Gasteiger partial charge in [0, 0.05) is 51.6 Å². The van der Waals surface area contributed by atoms with E-state index in [9.17, 15) is 8.42 Å². The van der Waals surface area contributed by atoms with Crippen LogP contribution in [-0.4, -0.2) is 56.6 Å². The summed E-state index contributed by atoms with van der Waals surface area (Å²) in [5, 5.41) is 0.207. The molecule has 1 aliphatic carbocycles. The van der Waals surface area contributed by atoms with Gasteiger partial charge < -0.3 is 9.47 Å². The molecule has 2 aliphatic heterocycles. The summed E-state index contributed by atoms with van der Waals surface area (Å²) in [4.78, 5) is 2.69. The number of rotatable bonds is 4. The lowest BCUT2D eigenvalue weighted by atomic mass is 9.89. The van der Waals surface area contributed by atoms with E-state index in [4.69, 9.17) is 21.1 Å². The molecule has 8 heteroatoms. The largest absolute Gasteiger partial charge is 0.462 e.